The molecule has 0 unspecified atom stereocenters. The van der Waals surface area contributed by atoms with Crippen LogP contribution in [0.4, 0.5) is 0 Å². The highest BCUT2D eigenvalue weighted by atomic mass is 16.5. The summed E-state index contributed by atoms with van der Waals surface area (Å²) in [4.78, 5) is 26.5. The summed E-state index contributed by atoms with van der Waals surface area (Å²) in [5.41, 5.74) is 4.76. The van der Waals surface area contributed by atoms with Crippen LogP contribution in [0.5, 0.6) is 5.75 Å². The molecular weight excluding hydrogens is 440 g/mol. The van der Waals surface area contributed by atoms with Gasteiger partial charge in [0.25, 0.3) is 5.91 Å². The van der Waals surface area contributed by atoms with Crippen LogP contribution in [0.3, 0.4) is 0 Å². The third kappa shape index (κ3) is 5.00. The minimum atomic E-state index is -0.504. The van der Waals surface area contributed by atoms with Crippen molar-refractivity contribution in [3.8, 4) is 17.0 Å². The number of pyridine rings is 3. The molecular formula is C28H28N4O3. The molecule has 1 fully saturated rings. The Balaban J connectivity index is 1.42. The van der Waals surface area contributed by atoms with E-state index in [-0.39, 0.29) is 11.9 Å². The van der Waals surface area contributed by atoms with Crippen LogP contribution in [-0.2, 0) is 6.42 Å². The number of carbonyl (C=O) groups is 1. The van der Waals surface area contributed by atoms with E-state index >= 15 is 0 Å². The fraction of sp³-hybridized carbons (Fsp3) is 0.286. The van der Waals surface area contributed by atoms with Crippen molar-refractivity contribution in [2.75, 3.05) is 7.11 Å². The van der Waals surface area contributed by atoms with Crippen LogP contribution in [0.2, 0.25) is 0 Å². The molecule has 35 heavy (non-hydrogen) atoms. The Hall–Kier alpha value is -3.84. The Kier molecular flexibility index (Phi) is 6.68. The molecule has 4 aromatic rings. The molecule has 178 valence electrons. The number of methoxy groups -OCH3 is 1. The van der Waals surface area contributed by atoms with Crippen LogP contribution in [0.25, 0.3) is 22.2 Å². The molecule has 1 aliphatic rings. The van der Waals surface area contributed by atoms with E-state index in [1.807, 2.05) is 54.7 Å². The first-order chi connectivity index (χ1) is 17.1. The van der Waals surface area contributed by atoms with Crippen LogP contribution in [-0.4, -0.2) is 45.2 Å². The minimum absolute atomic E-state index is 0.228. The zero-order valence-electron chi connectivity index (χ0n) is 19.6. The summed E-state index contributed by atoms with van der Waals surface area (Å²) in [5.74, 6) is 0.471. The third-order valence-electron chi connectivity index (χ3n) is 6.58. The molecule has 2 atom stereocenters. The van der Waals surface area contributed by atoms with Crippen molar-refractivity contribution >= 4 is 16.8 Å². The van der Waals surface area contributed by atoms with Gasteiger partial charge in [-0.05, 0) is 54.7 Å². The Morgan fingerprint density at radius 2 is 1.97 bits per heavy atom. The molecule has 3 aromatic heterocycles. The molecule has 0 saturated heterocycles. The van der Waals surface area contributed by atoms with E-state index in [2.05, 4.69) is 20.3 Å². The molecule has 1 amide bonds. The van der Waals surface area contributed by atoms with E-state index < -0.39 is 6.10 Å². The lowest BCUT2D eigenvalue weighted by molar-refractivity contribution is 0.0714. The number of hydrogen-bond donors (Lipinski definition) is 2. The van der Waals surface area contributed by atoms with E-state index in [0.29, 0.717) is 12.1 Å². The van der Waals surface area contributed by atoms with Gasteiger partial charge in [0.15, 0.2) is 0 Å². The SMILES string of the molecule is COc1ccncc1-c1ccc(Cc2cc(C(=O)N[C@H]3CCCC[C@@H]3O)nc3ccccc23)cn1. The van der Waals surface area contributed by atoms with Gasteiger partial charge in [0.2, 0.25) is 0 Å². The molecule has 7 nitrogen and oxygen atoms in total. The number of ether oxygens (including phenoxy) is 1. The van der Waals surface area contributed by atoms with Gasteiger partial charge in [-0.1, -0.05) is 37.1 Å². The topological polar surface area (TPSA) is 97.2 Å². The quantitative estimate of drug-likeness (QED) is 0.437. The lowest BCUT2D eigenvalue weighted by atomic mass is 9.92. The molecule has 0 bridgehead atoms. The standard InChI is InChI=1S/C28H28N4O3/c1-35-27-12-13-29-17-21(27)22-11-10-18(16-30-22)14-19-15-25(31-23-7-3-2-6-20(19)23)28(34)32-24-8-4-5-9-26(24)33/h2-3,6-7,10-13,15-17,24,26,33H,4-5,8-9,14H2,1H3,(H,32,34)/t24-,26-/m0/s1. The molecule has 1 saturated carbocycles. The molecule has 3 heterocycles. The lowest BCUT2D eigenvalue weighted by Crippen LogP contribution is -2.45. The number of aromatic nitrogens is 3. The Labute approximate surface area is 204 Å². The van der Waals surface area contributed by atoms with E-state index in [4.69, 9.17) is 4.74 Å². The first kappa shape index (κ1) is 22.9. The molecule has 5 rings (SSSR count). The first-order valence-electron chi connectivity index (χ1n) is 11.9. The van der Waals surface area contributed by atoms with Crippen molar-refractivity contribution in [2.24, 2.45) is 0 Å². The summed E-state index contributed by atoms with van der Waals surface area (Å²) in [5, 5.41) is 14.3. The van der Waals surface area contributed by atoms with Crippen LogP contribution in [0.1, 0.15) is 47.3 Å². The summed E-state index contributed by atoms with van der Waals surface area (Å²) in [6.07, 6.45) is 8.87. The number of para-hydroxylation sites is 1. The molecule has 0 radical (unpaired) electrons. The average Bonchev–Trinajstić information content (AvgIpc) is 2.90. The average molecular weight is 469 g/mol. The number of carbonyl (C=O) groups excluding carboxylic acids is 1. The minimum Gasteiger partial charge on any atom is -0.496 e. The molecule has 1 aromatic carbocycles. The fourth-order valence-corrected chi connectivity index (χ4v) is 4.69. The normalized spacial score (nSPS) is 17.8. The maximum absolute atomic E-state index is 13.1. The largest absolute Gasteiger partial charge is 0.496 e. The highest BCUT2D eigenvalue weighted by molar-refractivity contribution is 5.96. The van der Waals surface area contributed by atoms with Crippen LogP contribution in [0, 0.1) is 0 Å². The maximum atomic E-state index is 13.1. The summed E-state index contributed by atoms with van der Waals surface area (Å²) < 4.78 is 5.43. The van der Waals surface area contributed by atoms with Crippen LogP contribution >= 0.6 is 0 Å². The van der Waals surface area contributed by atoms with Crippen LogP contribution in [0.15, 0.2) is 67.1 Å². The van der Waals surface area contributed by atoms with Crippen molar-refractivity contribution in [1.29, 1.82) is 0 Å². The van der Waals surface area contributed by atoms with Gasteiger partial charge in [0.05, 0.1) is 36.0 Å². The zero-order valence-corrected chi connectivity index (χ0v) is 19.6. The first-order valence-corrected chi connectivity index (χ1v) is 11.9. The maximum Gasteiger partial charge on any atom is 0.270 e. The van der Waals surface area contributed by atoms with Gasteiger partial charge in [-0.25, -0.2) is 4.98 Å². The highest BCUT2D eigenvalue weighted by Crippen LogP contribution is 2.28. The van der Waals surface area contributed by atoms with Crippen molar-refractivity contribution in [1.82, 2.24) is 20.3 Å². The predicted molar refractivity (Wildman–Crippen MR) is 134 cm³/mol. The molecule has 0 aliphatic heterocycles. The number of aliphatic hydroxyl groups is 1. The van der Waals surface area contributed by atoms with E-state index in [0.717, 1.165) is 64.7 Å². The lowest BCUT2D eigenvalue weighted by Gasteiger charge is -2.28. The molecule has 0 spiro atoms. The molecule has 2 N–H and O–H groups in total. The predicted octanol–water partition coefficient (Wildman–Crippen LogP) is 4.32. The summed E-state index contributed by atoms with van der Waals surface area (Å²) in [6.45, 7) is 0. The summed E-state index contributed by atoms with van der Waals surface area (Å²) in [6, 6.07) is 15.3. The molecule has 7 heteroatoms. The van der Waals surface area contributed by atoms with E-state index in [9.17, 15) is 9.90 Å². The summed E-state index contributed by atoms with van der Waals surface area (Å²) in [7, 11) is 1.63. The Morgan fingerprint density at radius 1 is 1.11 bits per heavy atom. The number of hydrogen-bond acceptors (Lipinski definition) is 6. The second kappa shape index (κ2) is 10.2. The van der Waals surface area contributed by atoms with Crippen molar-refractivity contribution in [3.63, 3.8) is 0 Å². The van der Waals surface area contributed by atoms with Gasteiger partial charge in [-0.15, -0.1) is 0 Å². The van der Waals surface area contributed by atoms with E-state index in [1.165, 1.54) is 0 Å². The number of nitrogens with zero attached hydrogens (tertiary/aromatic N) is 3. The number of aliphatic hydroxyl groups excluding tert-OH is 1. The van der Waals surface area contributed by atoms with Crippen molar-refractivity contribution < 1.29 is 14.6 Å². The van der Waals surface area contributed by atoms with Gasteiger partial charge in [-0.3, -0.25) is 14.8 Å². The van der Waals surface area contributed by atoms with Crippen LogP contribution < -0.4 is 10.1 Å². The third-order valence-corrected chi connectivity index (χ3v) is 6.58. The van der Waals surface area contributed by atoms with Gasteiger partial charge >= 0.3 is 0 Å². The van der Waals surface area contributed by atoms with Gasteiger partial charge in [-0.2, -0.15) is 0 Å². The van der Waals surface area contributed by atoms with E-state index in [1.54, 1.807) is 19.5 Å². The van der Waals surface area contributed by atoms with Crippen molar-refractivity contribution in [2.45, 2.75) is 44.2 Å². The monoisotopic (exact) mass is 468 g/mol. The fourth-order valence-electron chi connectivity index (χ4n) is 4.69. The number of benzene rings is 1. The smallest absolute Gasteiger partial charge is 0.270 e. The number of nitrogens with one attached hydrogen (secondary N) is 1. The number of amides is 1. The Bertz CT molecular complexity index is 1340. The number of fused-ring (bicyclic) bond motifs is 1. The second-order valence-electron chi connectivity index (χ2n) is 8.92. The zero-order chi connectivity index (χ0) is 24.2. The number of rotatable bonds is 6. The second-order valence-corrected chi connectivity index (χ2v) is 8.92. The van der Waals surface area contributed by atoms with Gasteiger partial charge in [0.1, 0.15) is 11.4 Å². The molecule has 1 aliphatic carbocycles. The van der Waals surface area contributed by atoms with Gasteiger partial charge < -0.3 is 15.2 Å². The Morgan fingerprint density at radius 3 is 2.77 bits per heavy atom. The highest BCUT2D eigenvalue weighted by Gasteiger charge is 2.25. The van der Waals surface area contributed by atoms with Crippen molar-refractivity contribution in [3.05, 3.63) is 83.9 Å². The van der Waals surface area contributed by atoms with Gasteiger partial charge in [0, 0.05) is 24.0 Å². The summed E-state index contributed by atoms with van der Waals surface area (Å²) >= 11 is 0.